The summed E-state index contributed by atoms with van der Waals surface area (Å²) in [5.41, 5.74) is 5.34. The molecular formula is C37H21N3S2. The molecule has 3 heterocycles. The van der Waals surface area contributed by atoms with Gasteiger partial charge in [0.25, 0.3) is 0 Å². The maximum Gasteiger partial charge on any atom is 0.164 e. The van der Waals surface area contributed by atoms with E-state index in [2.05, 4.69) is 66.7 Å². The maximum atomic E-state index is 4.91. The molecule has 5 heteroatoms. The standard InChI is InChI=1S/C37H21N3S2/c1-3-9-23(10-4-1)35-38-36(24-11-5-2-6-12-24)40-37(39-35)25-19-17-22(18-20-25)27-21-31-34-32-26(27)13-7-14-28(32)41-29-15-8-16-30(42-31)33(29)34/h1-21H. The summed E-state index contributed by atoms with van der Waals surface area (Å²) < 4.78 is 2.70. The molecule has 6 aromatic carbocycles. The Kier molecular flexibility index (Phi) is 5.30. The third-order valence-corrected chi connectivity index (χ3v) is 10.1. The highest BCUT2D eigenvalue weighted by molar-refractivity contribution is 8.00. The van der Waals surface area contributed by atoms with E-state index in [0.29, 0.717) is 17.5 Å². The first kappa shape index (κ1) is 23.8. The maximum absolute atomic E-state index is 4.91. The van der Waals surface area contributed by atoms with Crippen LogP contribution in [0.25, 0.3) is 76.2 Å². The molecular weight excluding hydrogens is 551 g/mol. The Hall–Kier alpha value is -4.84. The van der Waals surface area contributed by atoms with Crippen LogP contribution in [0.2, 0.25) is 0 Å². The smallest absolute Gasteiger partial charge is 0.164 e. The van der Waals surface area contributed by atoms with Gasteiger partial charge in [-0.2, -0.15) is 0 Å². The van der Waals surface area contributed by atoms with Gasteiger partial charge < -0.3 is 0 Å². The van der Waals surface area contributed by atoms with Crippen molar-refractivity contribution in [3.8, 4) is 45.3 Å². The molecule has 1 aliphatic rings. The highest BCUT2D eigenvalue weighted by Gasteiger charge is 2.22. The molecule has 8 aromatic rings. The lowest BCUT2D eigenvalue weighted by Crippen LogP contribution is -2.00. The van der Waals surface area contributed by atoms with Crippen molar-refractivity contribution in [2.24, 2.45) is 0 Å². The van der Waals surface area contributed by atoms with Crippen molar-refractivity contribution in [1.29, 1.82) is 0 Å². The summed E-state index contributed by atoms with van der Waals surface area (Å²) in [7, 11) is 0. The van der Waals surface area contributed by atoms with E-state index in [1.165, 1.54) is 51.9 Å². The largest absolute Gasteiger partial charge is 0.208 e. The number of hydrogen-bond acceptors (Lipinski definition) is 5. The van der Waals surface area contributed by atoms with Gasteiger partial charge in [-0.3, -0.25) is 0 Å². The van der Waals surface area contributed by atoms with Crippen LogP contribution in [0.4, 0.5) is 0 Å². The third-order valence-electron chi connectivity index (χ3n) is 7.92. The topological polar surface area (TPSA) is 38.7 Å². The first-order valence-electron chi connectivity index (χ1n) is 13.9. The molecule has 0 unspecified atom stereocenters. The molecule has 9 rings (SSSR count). The number of rotatable bonds is 4. The molecule has 0 atom stereocenters. The second-order valence-electron chi connectivity index (χ2n) is 10.4. The minimum absolute atomic E-state index is 0.666. The van der Waals surface area contributed by atoms with Crippen LogP contribution in [-0.2, 0) is 0 Å². The van der Waals surface area contributed by atoms with Crippen molar-refractivity contribution in [3.63, 3.8) is 0 Å². The van der Waals surface area contributed by atoms with Gasteiger partial charge in [0.1, 0.15) is 0 Å². The molecule has 0 amide bonds. The van der Waals surface area contributed by atoms with E-state index in [1.54, 1.807) is 0 Å². The Morgan fingerprint density at radius 3 is 1.60 bits per heavy atom. The summed E-state index contributed by atoms with van der Waals surface area (Å²) in [5, 5.41) is 5.49. The van der Waals surface area contributed by atoms with Gasteiger partial charge in [-0.25, -0.2) is 15.0 Å². The minimum Gasteiger partial charge on any atom is -0.208 e. The van der Waals surface area contributed by atoms with Crippen molar-refractivity contribution in [2.45, 2.75) is 9.79 Å². The van der Waals surface area contributed by atoms with Crippen LogP contribution >= 0.6 is 23.1 Å². The Balaban J connectivity index is 1.20. The van der Waals surface area contributed by atoms with Gasteiger partial charge in [-0.1, -0.05) is 115 Å². The molecule has 196 valence electrons. The van der Waals surface area contributed by atoms with Crippen LogP contribution in [0, 0.1) is 0 Å². The predicted molar refractivity (Wildman–Crippen MR) is 176 cm³/mol. The van der Waals surface area contributed by atoms with E-state index >= 15 is 0 Å². The lowest BCUT2D eigenvalue weighted by atomic mass is 9.94. The Labute approximate surface area is 250 Å². The normalized spacial score (nSPS) is 12.2. The average Bonchev–Trinajstić information content (AvgIpc) is 3.45. The zero-order valence-electron chi connectivity index (χ0n) is 22.3. The molecule has 0 saturated heterocycles. The van der Waals surface area contributed by atoms with Crippen LogP contribution in [0.3, 0.4) is 0 Å². The SMILES string of the molecule is c1ccc(-c2nc(-c3ccccc3)nc(-c3ccc(-c4cc5sc6cccc7c6c5c5c(cccc45)S7)cc3)n2)cc1. The Bertz CT molecular complexity index is 2250. The minimum atomic E-state index is 0.666. The van der Waals surface area contributed by atoms with Gasteiger partial charge in [0.05, 0.1) is 0 Å². The predicted octanol–water partition coefficient (Wildman–Crippen LogP) is 10.5. The molecule has 3 nitrogen and oxygen atoms in total. The van der Waals surface area contributed by atoms with Gasteiger partial charge in [0.15, 0.2) is 17.5 Å². The highest BCUT2D eigenvalue weighted by atomic mass is 32.2. The van der Waals surface area contributed by atoms with E-state index in [0.717, 1.165) is 16.7 Å². The number of hydrogen-bond donors (Lipinski definition) is 0. The second-order valence-corrected chi connectivity index (χ2v) is 12.6. The molecule has 0 aliphatic carbocycles. The summed E-state index contributed by atoms with van der Waals surface area (Å²) >= 11 is 3.78. The van der Waals surface area contributed by atoms with Gasteiger partial charge >= 0.3 is 0 Å². The fourth-order valence-electron chi connectivity index (χ4n) is 5.97. The van der Waals surface area contributed by atoms with E-state index in [-0.39, 0.29) is 0 Å². The second kappa shape index (κ2) is 9.35. The van der Waals surface area contributed by atoms with Crippen LogP contribution in [0.5, 0.6) is 0 Å². The summed E-state index contributed by atoms with van der Waals surface area (Å²) in [4.78, 5) is 17.4. The number of aromatic nitrogens is 3. The third kappa shape index (κ3) is 3.71. The number of thiophene rings is 1. The lowest BCUT2D eigenvalue weighted by Gasteiger charge is -2.17. The summed E-state index contributed by atoms with van der Waals surface area (Å²) in [6.07, 6.45) is 0. The van der Waals surface area contributed by atoms with Crippen molar-refractivity contribution >= 4 is 54.0 Å². The first-order chi connectivity index (χ1) is 20.8. The fourth-order valence-corrected chi connectivity index (χ4v) is 8.37. The lowest BCUT2D eigenvalue weighted by molar-refractivity contribution is 1.07. The molecule has 0 N–H and O–H groups in total. The van der Waals surface area contributed by atoms with Gasteiger partial charge in [-0.15, -0.1) is 11.3 Å². The van der Waals surface area contributed by atoms with Crippen LogP contribution in [-0.4, -0.2) is 15.0 Å². The molecule has 2 aromatic heterocycles. The van der Waals surface area contributed by atoms with E-state index in [9.17, 15) is 0 Å². The van der Waals surface area contributed by atoms with Crippen LogP contribution < -0.4 is 0 Å². The van der Waals surface area contributed by atoms with E-state index < -0.39 is 0 Å². The molecule has 0 spiro atoms. The van der Waals surface area contributed by atoms with Crippen molar-refractivity contribution in [3.05, 3.63) is 127 Å². The van der Waals surface area contributed by atoms with E-state index in [1.807, 2.05) is 83.8 Å². The van der Waals surface area contributed by atoms with Gasteiger partial charge in [0, 0.05) is 52.0 Å². The van der Waals surface area contributed by atoms with E-state index in [4.69, 9.17) is 15.0 Å². The van der Waals surface area contributed by atoms with Crippen molar-refractivity contribution < 1.29 is 0 Å². The molecule has 0 bridgehead atoms. The quantitative estimate of drug-likeness (QED) is 0.211. The van der Waals surface area contributed by atoms with Crippen LogP contribution in [0.1, 0.15) is 0 Å². The zero-order chi connectivity index (χ0) is 27.6. The monoisotopic (exact) mass is 571 g/mol. The van der Waals surface area contributed by atoms with Crippen molar-refractivity contribution in [2.75, 3.05) is 0 Å². The van der Waals surface area contributed by atoms with Crippen molar-refractivity contribution in [1.82, 2.24) is 15.0 Å². The fraction of sp³-hybridized carbons (Fsp3) is 0. The Morgan fingerprint density at radius 1 is 0.405 bits per heavy atom. The average molecular weight is 572 g/mol. The molecule has 42 heavy (non-hydrogen) atoms. The summed E-state index contributed by atoms with van der Waals surface area (Å²) in [6, 6.07) is 44.7. The highest BCUT2D eigenvalue weighted by Crippen LogP contribution is 2.52. The summed E-state index contributed by atoms with van der Waals surface area (Å²) in [6.45, 7) is 0. The molecule has 0 radical (unpaired) electrons. The van der Waals surface area contributed by atoms with Crippen LogP contribution in [0.15, 0.2) is 137 Å². The number of nitrogens with zero attached hydrogens (tertiary/aromatic N) is 3. The van der Waals surface area contributed by atoms with Gasteiger partial charge in [-0.05, 0) is 40.8 Å². The molecule has 1 aliphatic heterocycles. The van der Waals surface area contributed by atoms with Gasteiger partial charge in [0.2, 0.25) is 0 Å². The zero-order valence-corrected chi connectivity index (χ0v) is 23.9. The number of benzene rings is 6. The first-order valence-corrected chi connectivity index (χ1v) is 15.5. The molecule has 0 fully saturated rings. The molecule has 0 saturated carbocycles. The summed E-state index contributed by atoms with van der Waals surface area (Å²) in [5.74, 6) is 2.01. The Morgan fingerprint density at radius 2 is 0.952 bits per heavy atom.